The first-order valence-electron chi connectivity index (χ1n) is 7.10. The number of nitrogens with zero attached hydrogens (tertiary/aromatic N) is 1. The summed E-state index contributed by atoms with van der Waals surface area (Å²) in [4.78, 5) is 13.7. The van der Waals surface area contributed by atoms with Crippen LogP contribution in [0.15, 0.2) is 0 Å². The van der Waals surface area contributed by atoms with Crippen LogP contribution in [-0.4, -0.2) is 46.2 Å². The Morgan fingerprint density at radius 2 is 2.16 bits per heavy atom. The molecule has 0 bridgehead atoms. The summed E-state index contributed by atoms with van der Waals surface area (Å²) in [5.41, 5.74) is -0.572. The molecule has 110 valence electrons. The number of amides is 1. The molecule has 2 aliphatic rings. The lowest BCUT2D eigenvalue weighted by Gasteiger charge is -2.34. The van der Waals surface area contributed by atoms with Crippen LogP contribution in [0.3, 0.4) is 0 Å². The summed E-state index contributed by atoms with van der Waals surface area (Å²) in [5.74, 6) is 0. The highest BCUT2D eigenvalue weighted by atomic mass is 16.6. The first-order valence-corrected chi connectivity index (χ1v) is 7.10. The van der Waals surface area contributed by atoms with Gasteiger partial charge in [-0.1, -0.05) is 6.92 Å². The molecule has 5 heteroatoms. The van der Waals surface area contributed by atoms with Crippen LogP contribution in [0.2, 0.25) is 0 Å². The van der Waals surface area contributed by atoms with E-state index in [1.54, 1.807) is 0 Å². The molecule has 1 aliphatic heterocycles. The van der Waals surface area contributed by atoms with Crippen molar-refractivity contribution in [2.75, 3.05) is 6.61 Å². The van der Waals surface area contributed by atoms with E-state index in [2.05, 4.69) is 0 Å². The quantitative estimate of drug-likeness (QED) is 0.800. The lowest BCUT2D eigenvalue weighted by atomic mass is 10.1. The Kier molecular flexibility index (Phi) is 3.80. The highest BCUT2D eigenvalue weighted by molar-refractivity contribution is 5.69. The van der Waals surface area contributed by atoms with E-state index in [9.17, 15) is 9.90 Å². The van der Waals surface area contributed by atoms with Gasteiger partial charge in [0.2, 0.25) is 0 Å². The average molecular weight is 271 g/mol. The van der Waals surface area contributed by atoms with Crippen molar-refractivity contribution in [2.24, 2.45) is 0 Å². The summed E-state index contributed by atoms with van der Waals surface area (Å²) in [5, 5.41) is 10.1. The van der Waals surface area contributed by atoms with Crippen LogP contribution in [0.1, 0.15) is 53.4 Å². The second-order valence-corrected chi connectivity index (χ2v) is 6.63. The van der Waals surface area contributed by atoms with Crippen LogP contribution in [0.4, 0.5) is 4.79 Å². The zero-order valence-electron chi connectivity index (χ0n) is 12.3. The monoisotopic (exact) mass is 271 g/mol. The Labute approximate surface area is 114 Å². The van der Waals surface area contributed by atoms with Gasteiger partial charge in [-0.2, -0.15) is 0 Å². The van der Waals surface area contributed by atoms with Gasteiger partial charge in [0, 0.05) is 0 Å². The lowest BCUT2D eigenvalue weighted by Crippen LogP contribution is -2.49. The molecule has 1 N–H and O–H groups in total. The van der Waals surface area contributed by atoms with E-state index in [4.69, 9.17) is 9.47 Å². The Bertz CT molecular complexity index is 346. The molecular weight excluding hydrogens is 246 g/mol. The van der Waals surface area contributed by atoms with Gasteiger partial charge >= 0.3 is 6.09 Å². The topological polar surface area (TPSA) is 59.0 Å². The first kappa shape index (κ1) is 14.6. The van der Waals surface area contributed by atoms with Crippen LogP contribution >= 0.6 is 0 Å². The van der Waals surface area contributed by atoms with E-state index < -0.39 is 17.9 Å². The number of rotatable bonds is 3. The molecule has 1 saturated heterocycles. The van der Waals surface area contributed by atoms with Crippen molar-refractivity contribution in [1.29, 1.82) is 0 Å². The number of aliphatic hydroxyl groups is 1. The number of carbonyl (C=O) groups is 1. The molecule has 19 heavy (non-hydrogen) atoms. The van der Waals surface area contributed by atoms with Gasteiger partial charge in [-0.15, -0.1) is 0 Å². The molecule has 0 aromatic carbocycles. The van der Waals surface area contributed by atoms with Gasteiger partial charge in [-0.25, -0.2) is 4.79 Å². The van der Waals surface area contributed by atoms with Gasteiger partial charge in [0.15, 0.2) is 0 Å². The van der Waals surface area contributed by atoms with Crippen LogP contribution in [0.5, 0.6) is 0 Å². The van der Waals surface area contributed by atoms with Crippen molar-refractivity contribution in [3.05, 3.63) is 0 Å². The molecular formula is C14H25NO4. The van der Waals surface area contributed by atoms with Gasteiger partial charge < -0.3 is 14.6 Å². The highest BCUT2D eigenvalue weighted by Gasteiger charge is 2.53. The minimum absolute atomic E-state index is 0.0155. The third-order valence-corrected chi connectivity index (χ3v) is 3.68. The molecule has 1 heterocycles. The SMILES string of the molecule is CCC(O)N(C(=O)OC(C)(C)C)C1COC2(CC2)C1. The second-order valence-electron chi connectivity index (χ2n) is 6.63. The molecule has 0 radical (unpaired) electrons. The summed E-state index contributed by atoms with van der Waals surface area (Å²) in [6.07, 6.45) is 2.17. The molecule has 2 rings (SSSR count). The Balaban J connectivity index is 2.05. The fourth-order valence-corrected chi connectivity index (χ4v) is 2.51. The third-order valence-electron chi connectivity index (χ3n) is 3.68. The molecule has 5 nitrogen and oxygen atoms in total. The molecule has 2 unspecified atom stereocenters. The maximum atomic E-state index is 12.3. The number of hydrogen-bond acceptors (Lipinski definition) is 4. The Morgan fingerprint density at radius 3 is 2.58 bits per heavy atom. The fraction of sp³-hybridized carbons (Fsp3) is 0.929. The summed E-state index contributed by atoms with van der Waals surface area (Å²) in [7, 11) is 0. The molecule has 2 atom stereocenters. The molecule has 1 aliphatic carbocycles. The van der Waals surface area contributed by atoms with Gasteiger partial charge in [0.25, 0.3) is 0 Å². The van der Waals surface area contributed by atoms with E-state index in [-0.39, 0.29) is 11.6 Å². The molecule has 2 fully saturated rings. The summed E-state index contributed by atoms with van der Waals surface area (Å²) >= 11 is 0. The molecule has 1 spiro atoms. The first-order chi connectivity index (χ1) is 8.76. The molecule has 0 aromatic rings. The van der Waals surface area contributed by atoms with Crippen molar-refractivity contribution in [2.45, 2.75) is 76.9 Å². The van der Waals surface area contributed by atoms with Gasteiger partial charge in [0.05, 0.1) is 18.2 Å². The standard InChI is InChI=1S/C14H25NO4/c1-5-11(16)15(12(17)19-13(2,3)4)10-8-14(6-7-14)18-9-10/h10-11,16H,5-9H2,1-4H3. The average Bonchev–Trinajstić information content (AvgIpc) is 2.90. The number of hydrogen-bond donors (Lipinski definition) is 1. The fourth-order valence-electron chi connectivity index (χ4n) is 2.51. The van der Waals surface area contributed by atoms with E-state index >= 15 is 0 Å². The van der Waals surface area contributed by atoms with Crippen molar-refractivity contribution in [3.8, 4) is 0 Å². The molecule has 0 aromatic heterocycles. The van der Waals surface area contributed by atoms with Crippen LogP contribution in [0, 0.1) is 0 Å². The van der Waals surface area contributed by atoms with E-state index in [0.717, 1.165) is 19.3 Å². The normalized spacial score (nSPS) is 26.3. The predicted octanol–water partition coefficient (Wildman–Crippen LogP) is 2.27. The van der Waals surface area contributed by atoms with Crippen molar-refractivity contribution < 1.29 is 19.4 Å². The van der Waals surface area contributed by atoms with Crippen molar-refractivity contribution >= 4 is 6.09 Å². The van der Waals surface area contributed by atoms with Gasteiger partial charge in [0.1, 0.15) is 11.8 Å². The van der Waals surface area contributed by atoms with Gasteiger partial charge in [-0.05, 0) is 46.5 Å². The molecule has 1 amide bonds. The number of aliphatic hydroxyl groups excluding tert-OH is 1. The minimum atomic E-state index is -0.808. The zero-order valence-corrected chi connectivity index (χ0v) is 12.3. The van der Waals surface area contributed by atoms with Gasteiger partial charge in [-0.3, -0.25) is 4.90 Å². The van der Waals surface area contributed by atoms with Crippen LogP contribution in [-0.2, 0) is 9.47 Å². The lowest BCUT2D eigenvalue weighted by molar-refractivity contribution is -0.0497. The highest BCUT2D eigenvalue weighted by Crippen LogP contribution is 2.48. The Morgan fingerprint density at radius 1 is 1.53 bits per heavy atom. The van der Waals surface area contributed by atoms with E-state index in [1.165, 1.54) is 4.90 Å². The van der Waals surface area contributed by atoms with Crippen LogP contribution in [0.25, 0.3) is 0 Å². The maximum Gasteiger partial charge on any atom is 0.412 e. The summed E-state index contributed by atoms with van der Waals surface area (Å²) in [6, 6.07) is -0.0766. The minimum Gasteiger partial charge on any atom is -0.444 e. The predicted molar refractivity (Wildman–Crippen MR) is 70.7 cm³/mol. The second kappa shape index (κ2) is 4.94. The maximum absolute atomic E-state index is 12.3. The number of ether oxygens (including phenoxy) is 2. The Hall–Kier alpha value is -0.810. The summed E-state index contributed by atoms with van der Waals surface area (Å²) in [6.45, 7) is 7.83. The zero-order chi connectivity index (χ0) is 14.3. The largest absolute Gasteiger partial charge is 0.444 e. The number of carbonyl (C=O) groups excluding carboxylic acids is 1. The third kappa shape index (κ3) is 3.39. The van der Waals surface area contributed by atoms with Crippen LogP contribution < -0.4 is 0 Å². The summed E-state index contributed by atoms with van der Waals surface area (Å²) < 4.78 is 11.2. The van der Waals surface area contributed by atoms with Crippen molar-refractivity contribution in [1.82, 2.24) is 4.90 Å². The van der Waals surface area contributed by atoms with E-state index in [0.29, 0.717) is 13.0 Å². The molecule has 1 saturated carbocycles. The smallest absolute Gasteiger partial charge is 0.412 e. The van der Waals surface area contributed by atoms with Crippen molar-refractivity contribution in [3.63, 3.8) is 0 Å². The van der Waals surface area contributed by atoms with E-state index in [1.807, 2.05) is 27.7 Å².